The molecule has 1 N–H and O–H groups in total. The van der Waals surface area contributed by atoms with Gasteiger partial charge in [-0.15, -0.1) is 0 Å². The highest BCUT2D eigenvalue weighted by atomic mass is 32.2. The van der Waals surface area contributed by atoms with Gasteiger partial charge in [0.1, 0.15) is 10.7 Å². The van der Waals surface area contributed by atoms with Crippen LogP contribution in [0.3, 0.4) is 0 Å². The van der Waals surface area contributed by atoms with Crippen LogP contribution in [-0.2, 0) is 10.0 Å². The Labute approximate surface area is 162 Å². The smallest absolute Gasteiger partial charge is 0.264 e. The molecule has 5 aliphatic rings. The molecular formula is C22H28N2O2S. The number of hydrogen-bond acceptors (Lipinski definition) is 3. The van der Waals surface area contributed by atoms with Crippen molar-refractivity contribution in [1.29, 1.82) is 0 Å². The van der Waals surface area contributed by atoms with Crippen LogP contribution in [0.4, 0.5) is 0 Å². The van der Waals surface area contributed by atoms with E-state index in [4.69, 9.17) is 4.99 Å². The average Bonchev–Trinajstić information content (AvgIpc) is 2.83. The zero-order chi connectivity index (χ0) is 18.8. The summed E-state index contributed by atoms with van der Waals surface area (Å²) in [6.45, 7) is 4.09. The molecule has 0 radical (unpaired) electrons. The molecule has 1 aliphatic heterocycles. The van der Waals surface area contributed by atoms with Crippen molar-refractivity contribution >= 4 is 20.8 Å². The molecule has 4 aliphatic carbocycles. The minimum atomic E-state index is -3.54. The lowest BCUT2D eigenvalue weighted by atomic mass is 9.48. The molecule has 0 amide bonds. The fourth-order valence-corrected chi connectivity index (χ4v) is 8.18. The van der Waals surface area contributed by atoms with Crippen molar-refractivity contribution in [3.63, 3.8) is 0 Å². The first-order chi connectivity index (χ1) is 12.9. The number of amidine groups is 1. The Bertz CT molecular complexity index is 895. The van der Waals surface area contributed by atoms with E-state index in [2.05, 4.69) is 11.6 Å². The predicted molar refractivity (Wildman–Crippen MR) is 109 cm³/mol. The zero-order valence-electron chi connectivity index (χ0n) is 16.1. The number of benzene rings is 1. The second-order valence-electron chi connectivity index (χ2n) is 9.36. The highest BCUT2D eigenvalue weighted by Gasteiger charge is 2.53. The second kappa shape index (κ2) is 5.94. The van der Waals surface area contributed by atoms with Crippen LogP contribution in [0, 0.1) is 23.2 Å². The molecular weight excluding hydrogens is 356 g/mol. The maximum absolute atomic E-state index is 12.8. The number of aliphatic imine (C=N–C) groups is 1. The van der Waals surface area contributed by atoms with Crippen molar-refractivity contribution in [3.8, 4) is 0 Å². The lowest BCUT2D eigenvalue weighted by molar-refractivity contribution is -0.0633. The van der Waals surface area contributed by atoms with Gasteiger partial charge in [-0.3, -0.25) is 9.71 Å². The van der Waals surface area contributed by atoms with E-state index in [9.17, 15) is 8.42 Å². The second-order valence-corrected chi connectivity index (χ2v) is 11.0. The summed E-state index contributed by atoms with van der Waals surface area (Å²) in [5.41, 5.74) is 1.76. The van der Waals surface area contributed by atoms with Gasteiger partial charge in [0, 0.05) is 5.57 Å². The monoisotopic (exact) mass is 384 g/mol. The molecule has 4 nitrogen and oxygen atoms in total. The first kappa shape index (κ1) is 17.5. The molecule has 0 spiro atoms. The summed E-state index contributed by atoms with van der Waals surface area (Å²) in [6, 6.07) is 9.51. The Morgan fingerprint density at radius 3 is 2.15 bits per heavy atom. The van der Waals surface area contributed by atoms with E-state index in [1.807, 2.05) is 37.3 Å². The zero-order valence-corrected chi connectivity index (χ0v) is 16.9. The van der Waals surface area contributed by atoms with Gasteiger partial charge in [0.15, 0.2) is 0 Å². The van der Waals surface area contributed by atoms with Crippen LogP contribution in [0.25, 0.3) is 4.91 Å². The van der Waals surface area contributed by atoms with Crippen molar-refractivity contribution in [3.05, 3.63) is 41.5 Å². The molecule has 4 fully saturated rings. The highest BCUT2D eigenvalue weighted by Crippen LogP contribution is 2.61. The quantitative estimate of drug-likeness (QED) is 0.842. The van der Waals surface area contributed by atoms with Crippen molar-refractivity contribution in [1.82, 2.24) is 4.72 Å². The Kier molecular flexibility index (Phi) is 3.84. The van der Waals surface area contributed by atoms with Crippen molar-refractivity contribution in [2.45, 2.75) is 58.4 Å². The van der Waals surface area contributed by atoms with Gasteiger partial charge >= 0.3 is 0 Å². The maximum atomic E-state index is 12.8. The molecule has 1 atom stereocenters. The normalized spacial score (nSPS) is 39.0. The number of nitrogens with one attached hydrogen (secondary N) is 1. The lowest BCUT2D eigenvalue weighted by Crippen LogP contribution is -2.50. The van der Waals surface area contributed by atoms with Gasteiger partial charge in [-0.25, -0.2) is 8.42 Å². The number of hydrogen-bond donors (Lipinski definition) is 1. The van der Waals surface area contributed by atoms with Crippen molar-refractivity contribution in [2.75, 3.05) is 0 Å². The Hall–Kier alpha value is -1.62. The van der Waals surface area contributed by atoms with E-state index < -0.39 is 10.0 Å². The standard InChI is InChI=1S/C22H28N2O2S/c1-14-20(19-6-4-3-5-7-19)27(25,26)24-21(14)23-15(2)22-11-16-8-17(12-22)10-18(9-16)13-22/h3-7,15-18H,8-13H2,1-2H3,(H,23,24)/t15-,16?,17?,18?,22?/m0/s1. The molecule has 27 heavy (non-hydrogen) atoms. The fourth-order valence-electron chi connectivity index (χ4n) is 6.67. The predicted octanol–water partition coefficient (Wildman–Crippen LogP) is 4.35. The first-order valence-electron chi connectivity index (χ1n) is 10.2. The van der Waals surface area contributed by atoms with Gasteiger partial charge in [0.05, 0.1) is 6.04 Å². The van der Waals surface area contributed by atoms with Crippen molar-refractivity contribution < 1.29 is 8.42 Å². The molecule has 4 bridgehead atoms. The Morgan fingerprint density at radius 2 is 1.59 bits per heavy atom. The van der Waals surface area contributed by atoms with Crippen LogP contribution in [0.15, 0.2) is 40.9 Å². The summed E-state index contributed by atoms with van der Waals surface area (Å²) in [5, 5.41) is 0. The van der Waals surface area contributed by atoms with Gasteiger partial charge < -0.3 is 0 Å². The van der Waals surface area contributed by atoms with E-state index in [0.29, 0.717) is 10.7 Å². The maximum Gasteiger partial charge on any atom is 0.264 e. The van der Waals surface area contributed by atoms with E-state index in [1.165, 1.54) is 38.5 Å². The minimum Gasteiger partial charge on any atom is -0.264 e. The molecule has 5 heteroatoms. The average molecular weight is 385 g/mol. The fraction of sp³-hybridized carbons (Fsp3) is 0.591. The molecule has 144 valence electrons. The van der Waals surface area contributed by atoms with Gasteiger partial charge in [0.2, 0.25) is 0 Å². The van der Waals surface area contributed by atoms with Crippen LogP contribution >= 0.6 is 0 Å². The lowest BCUT2D eigenvalue weighted by Gasteiger charge is -2.58. The minimum absolute atomic E-state index is 0.161. The highest BCUT2D eigenvalue weighted by molar-refractivity contribution is 8.00. The third-order valence-corrected chi connectivity index (χ3v) is 9.07. The molecule has 1 aromatic rings. The van der Waals surface area contributed by atoms with Gasteiger partial charge in [-0.2, -0.15) is 0 Å². The van der Waals surface area contributed by atoms with Crippen LogP contribution in [-0.4, -0.2) is 20.3 Å². The largest absolute Gasteiger partial charge is 0.264 e. The van der Waals surface area contributed by atoms with Gasteiger partial charge in [0.25, 0.3) is 10.0 Å². The van der Waals surface area contributed by atoms with E-state index in [-0.39, 0.29) is 11.5 Å². The molecule has 6 rings (SSSR count). The summed E-state index contributed by atoms with van der Waals surface area (Å²) in [5.74, 6) is 3.17. The van der Waals surface area contributed by atoms with Crippen LogP contribution in [0.1, 0.15) is 57.9 Å². The van der Waals surface area contributed by atoms with Gasteiger partial charge in [-0.05, 0) is 81.1 Å². The van der Waals surface area contributed by atoms with Crippen LogP contribution in [0.5, 0.6) is 0 Å². The summed E-state index contributed by atoms with van der Waals surface area (Å²) in [6.07, 6.45) is 8.05. The van der Waals surface area contributed by atoms with Crippen LogP contribution < -0.4 is 4.72 Å². The third kappa shape index (κ3) is 2.77. The Morgan fingerprint density at radius 1 is 1.04 bits per heavy atom. The summed E-state index contributed by atoms with van der Waals surface area (Å²) >= 11 is 0. The van der Waals surface area contributed by atoms with E-state index in [0.717, 1.165) is 28.9 Å². The molecule has 1 heterocycles. The number of sulfonamides is 1. The first-order valence-corrected chi connectivity index (χ1v) is 11.7. The summed E-state index contributed by atoms with van der Waals surface area (Å²) in [7, 11) is -3.54. The molecule has 0 saturated heterocycles. The molecule has 4 saturated carbocycles. The summed E-state index contributed by atoms with van der Waals surface area (Å²) < 4.78 is 28.3. The SMILES string of the molecule is CC1=C(c2ccccc2)S(=O)(=O)NC1=N[C@@H](C)C12CC3CC(CC(C3)C1)C2. The number of rotatable bonds is 3. The number of nitrogens with zero attached hydrogens (tertiary/aromatic N) is 1. The van der Waals surface area contributed by atoms with Crippen LogP contribution in [0.2, 0.25) is 0 Å². The van der Waals surface area contributed by atoms with Gasteiger partial charge in [-0.1, -0.05) is 30.3 Å². The Balaban J connectivity index is 1.50. The molecule has 0 unspecified atom stereocenters. The third-order valence-electron chi connectivity index (χ3n) is 7.53. The summed E-state index contributed by atoms with van der Waals surface area (Å²) in [4.78, 5) is 5.36. The van der Waals surface area contributed by atoms with E-state index >= 15 is 0 Å². The topological polar surface area (TPSA) is 58.5 Å². The molecule has 0 aromatic heterocycles. The molecule has 1 aromatic carbocycles. The van der Waals surface area contributed by atoms with Crippen molar-refractivity contribution in [2.24, 2.45) is 28.2 Å². The van der Waals surface area contributed by atoms with E-state index in [1.54, 1.807) is 0 Å².